The third-order valence-corrected chi connectivity index (χ3v) is 7.05. The van der Waals surface area contributed by atoms with Crippen LogP contribution in [0, 0.1) is 0 Å². The van der Waals surface area contributed by atoms with Crippen LogP contribution in [-0.4, -0.2) is 58.4 Å². The second kappa shape index (κ2) is 17.0. The average molecular weight is 710 g/mol. The fourth-order valence-electron chi connectivity index (χ4n) is 4.15. The molecule has 4 heterocycles. The van der Waals surface area contributed by atoms with Crippen molar-refractivity contribution in [2.75, 3.05) is 14.2 Å². The second-order valence-electron chi connectivity index (χ2n) is 8.32. The van der Waals surface area contributed by atoms with E-state index in [1.54, 1.807) is 12.4 Å². The van der Waals surface area contributed by atoms with Crippen molar-refractivity contribution in [3.05, 3.63) is 59.3 Å². The van der Waals surface area contributed by atoms with Gasteiger partial charge in [0, 0.05) is 33.4 Å². The summed E-state index contributed by atoms with van der Waals surface area (Å²) in [5, 5.41) is 0. The molecule has 6 rings (SSSR count). The van der Waals surface area contributed by atoms with Crippen LogP contribution in [-0.2, 0) is 69.4 Å². The molecule has 0 aliphatic carbocycles. The van der Waals surface area contributed by atoms with Gasteiger partial charge in [0.05, 0.1) is 49.1 Å². The van der Waals surface area contributed by atoms with Crippen LogP contribution in [0.25, 0.3) is 45.1 Å². The molecule has 2 unspecified atom stereocenters. The van der Waals surface area contributed by atoms with Crippen molar-refractivity contribution in [1.29, 1.82) is 0 Å². The number of nitrogens with one attached hydrogen (secondary N) is 4. The Balaban J connectivity index is 0.000000493. The number of hydrogen-bond acceptors (Lipinski definition) is 10. The summed E-state index contributed by atoms with van der Waals surface area (Å²) in [5.74, 6) is 1.60. The maximum Gasteiger partial charge on any atom is 2.00 e. The average Bonchev–Trinajstić information content (AvgIpc) is 3.67. The SMILES string of the molecule is COC([NH-])=O.COC([NH-])=O.O=[C-]Pc1ncc(-c2cc3c4c(c2)OCc2cc(-c5cnc(P[C-]=O)[nH]5)cc(c2-4)OC3)[nH]1.[V+2].[V+2]. The molecule has 0 saturated heterocycles. The van der Waals surface area contributed by atoms with Crippen molar-refractivity contribution in [1.82, 2.24) is 19.9 Å². The minimum absolute atomic E-state index is 0. The van der Waals surface area contributed by atoms with E-state index in [1.807, 2.05) is 24.2 Å². The Bertz CT molecular complexity index is 1480. The molecule has 2 aromatic carbocycles. The van der Waals surface area contributed by atoms with Crippen molar-refractivity contribution in [3.8, 4) is 45.1 Å². The molecule has 2 aliphatic heterocycles. The number of H-pyrrole nitrogens is 2. The predicted octanol–water partition coefficient (Wildman–Crippen LogP) is 4.27. The molecule has 2 atom stereocenters. The van der Waals surface area contributed by atoms with E-state index < -0.39 is 12.2 Å². The molecule has 224 valence electrons. The normalized spacial score (nSPS) is 11.6. The number of aromatic nitrogens is 4. The molecule has 0 bridgehead atoms. The summed E-state index contributed by atoms with van der Waals surface area (Å²) in [4.78, 5) is 54.6. The van der Waals surface area contributed by atoms with E-state index >= 15 is 0 Å². The zero-order chi connectivity index (χ0) is 30.2. The number of ether oxygens (including phenoxy) is 4. The molecule has 44 heavy (non-hydrogen) atoms. The van der Waals surface area contributed by atoms with Crippen molar-refractivity contribution >= 4 is 52.5 Å². The Labute approximate surface area is 278 Å². The number of nitrogens with zero attached hydrogens (tertiary/aromatic N) is 2. The van der Waals surface area contributed by atoms with E-state index in [0.717, 1.165) is 70.5 Å². The third-order valence-electron chi connectivity index (χ3n) is 5.87. The molecule has 0 spiro atoms. The number of benzene rings is 2. The van der Waals surface area contributed by atoms with E-state index in [4.69, 9.17) is 20.9 Å². The van der Waals surface area contributed by atoms with E-state index in [1.165, 1.54) is 0 Å². The number of rotatable bonds is 6. The van der Waals surface area contributed by atoms with Gasteiger partial charge in [0.15, 0.2) is 0 Å². The number of hydrogen-bond donors (Lipinski definition) is 2. The Morgan fingerprint density at radius 1 is 0.773 bits per heavy atom. The van der Waals surface area contributed by atoms with Crippen molar-refractivity contribution in [3.63, 3.8) is 0 Å². The number of amides is 2. The summed E-state index contributed by atoms with van der Waals surface area (Å²) in [6, 6.07) is 11.9. The molecule has 0 saturated carbocycles. The first kappa shape index (κ1) is 36.6. The predicted molar refractivity (Wildman–Crippen MR) is 156 cm³/mol. The van der Waals surface area contributed by atoms with Crippen LogP contribution in [0.1, 0.15) is 11.1 Å². The van der Waals surface area contributed by atoms with Crippen molar-refractivity contribution in [2.24, 2.45) is 0 Å². The first-order valence-electron chi connectivity index (χ1n) is 11.8. The quantitative estimate of drug-likeness (QED) is 0.214. The first-order chi connectivity index (χ1) is 20.3. The van der Waals surface area contributed by atoms with E-state index in [0.29, 0.717) is 24.3 Å². The smallest absolute Gasteiger partial charge is 0.632 e. The zero-order valence-corrected chi connectivity index (χ0v) is 27.7. The number of aromatic amines is 2. The first-order valence-corrected chi connectivity index (χ1v) is 13.8. The monoisotopic (exact) mass is 710 g/mol. The van der Waals surface area contributed by atoms with Gasteiger partial charge >= 0.3 is 37.1 Å². The molecule has 18 heteroatoms. The Morgan fingerprint density at radius 3 is 1.45 bits per heavy atom. The van der Waals surface area contributed by atoms with Gasteiger partial charge in [-0.25, -0.2) is 22.0 Å². The van der Waals surface area contributed by atoms with Crippen LogP contribution in [0.5, 0.6) is 11.5 Å². The molecule has 2 radical (unpaired) electrons. The van der Waals surface area contributed by atoms with Gasteiger partial charge in [-0.3, -0.25) is 9.59 Å². The fraction of sp³-hybridized carbons (Fsp3) is 0.154. The van der Waals surface area contributed by atoms with Gasteiger partial charge in [-0.15, -0.1) is 0 Å². The molecule has 2 aliphatic rings. The molecular weight excluding hydrogens is 688 g/mol. The summed E-state index contributed by atoms with van der Waals surface area (Å²) in [7, 11) is 2.08. The molecule has 2 amide bonds. The summed E-state index contributed by atoms with van der Waals surface area (Å²) in [6.45, 7) is 0.825. The largest absolute Gasteiger partial charge is 2.00 e. The van der Waals surface area contributed by atoms with Crippen LogP contribution < -0.4 is 20.6 Å². The number of methoxy groups -OCH3 is 2. The molecule has 14 nitrogen and oxygen atoms in total. The molecule has 2 aromatic heterocycles. The van der Waals surface area contributed by atoms with E-state index in [2.05, 4.69) is 41.5 Å². The van der Waals surface area contributed by atoms with Gasteiger partial charge in [0.25, 0.3) is 0 Å². The van der Waals surface area contributed by atoms with Crippen molar-refractivity contribution < 1.29 is 75.2 Å². The van der Waals surface area contributed by atoms with E-state index in [-0.39, 0.29) is 54.3 Å². The zero-order valence-electron chi connectivity index (χ0n) is 22.9. The fourth-order valence-corrected chi connectivity index (χ4v) is 5.00. The van der Waals surface area contributed by atoms with Crippen LogP contribution in [0.4, 0.5) is 9.59 Å². The molecule has 4 aromatic rings. The maximum atomic E-state index is 10.7. The van der Waals surface area contributed by atoms with Gasteiger partial charge in [0.1, 0.15) is 24.7 Å². The standard InChI is InChI=1S/C22H14N4O4P2.2C2H5NO2.2V/c27-9-31-21-23-5-15(25-21)11-1-13-7-29-18-4-12(16-6-24-22(26-16)32-10-28)2-14-8-30-17(3-11)19(13)20(14)18;2*1-5-2(3)4;;/h1-6,31-32H,7-8H2,(H,23,25)(H,24,26);2*1H3,(H2,3,4);;/q-2;;;2*+2/p-2. The Morgan fingerprint density at radius 2 is 1.14 bits per heavy atom. The van der Waals surface area contributed by atoms with Crippen molar-refractivity contribution in [2.45, 2.75) is 13.2 Å². The van der Waals surface area contributed by atoms with E-state index in [9.17, 15) is 19.2 Å². The van der Waals surface area contributed by atoms with Crippen LogP contribution in [0.3, 0.4) is 0 Å². The van der Waals surface area contributed by atoms with Gasteiger partial charge in [-0.05, 0) is 24.3 Å². The Hall–Kier alpha value is -3.63. The van der Waals surface area contributed by atoms with Gasteiger partial charge in [-0.1, -0.05) is 0 Å². The maximum absolute atomic E-state index is 10.7. The van der Waals surface area contributed by atoms with Crippen LogP contribution in [0.2, 0.25) is 0 Å². The summed E-state index contributed by atoms with van der Waals surface area (Å²) >= 11 is 0. The molecule has 0 fully saturated rings. The van der Waals surface area contributed by atoms with Crippen LogP contribution in [0.15, 0.2) is 36.7 Å². The molecule has 4 N–H and O–H groups in total. The molecular formula is C26H22N6O8P2V2. The second-order valence-corrected chi connectivity index (χ2v) is 10.2. The summed E-state index contributed by atoms with van der Waals surface area (Å²) < 4.78 is 19.8. The number of carbonyl (C=O) groups excluding carboxylic acids is 4. The summed E-state index contributed by atoms with van der Waals surface area (Å²) in [6.07, 6.45) is 1.44. The van der Waals surface area contributed by atoms with Gasteiger partial charge < -0.3 is 50.0 Å². The van der Waals surface area contributed by atoms with Gasteiger partial charge in [0.2, 0.25) is 12.2 Å². The Kier molecular flexibility index (Phi) is 14.1. The number of carbonyl (C=O) groups is 2. The number of imidazole rings is 2. The summed E-state index contributed by atoms with van der Waals surface area (Å²) in [5.41, 5.74) is 20.8. The van der Waals surface area contributed by atoms with Gasteiger partial charge in [-0.2, -0.15) is 17.2 Å². The topological polar surface area (TPSA) is 210 Å². The third kappa shape index (κ3) is 8.72. The minimum atomic E-state index is -0.995. The van der Waals surface area contributed by atoms with Crippen LogP contribution >= 0.6 is 17.2 Å². The minimum Gasteiger partial charge on any atom is -0.632 e.